The molecule has 1 spiro atoms. The second kappa shape index (κ2) is 11.9. The van der Waals surface area contributed by atoms with Crippen molar-refractivity contribution in [3.8, 4) is 28.4 Å². The molecule has 7 nitrogen and oxygen atoms in total. The molecule has 1 heterocycles. The van der Waals surface area contributed by atoms with E-state index in [1.54, 1.807) is 29.9 Å². The topological polar surface area (TPSA) is 82.5 Å². The second-order valence-electron chi connectivity index (χ2n) is 10.8. The molecule has 0 aliphatic heterocycles. The number of ether oxygens (including phenoxy) is 2. The number of amides is 1. The van der Waals surface area contributed by atoms with Crippen LogP contribution in [-0.4, -0.2) is 35.4 Å². The lowest BCUT2D eigenvalue weighted by molar-refractivity contribution is -0.113. The Morgan fingerprint density at radius 1 is 1.00 bits per heavy atom. The fraction of sp³-hybridized carbons (Fsp3) is 0.303. The quantitative estimate of drug-likeness (QED) is 0.180. The Morgan fingerprint density at radius 3 is 2.50 bits per heavy atom. The molecule has 216 valence electrons. The molecule has 6 rings (SSSR count). The number of thioether (sulfide) groups is 1. The fourth-order valence-electron chi connectivity index (χ4n) is 6.38. The van der Waals surface area contributed by atoms with Crippen molar-refractivity contribution >= 4 is 35.0 Å². The molecule has 42 heavy (non-hydrogen) atoms. The van der Waals surface area contributed by atoms with Crippen LogP contribution in [0.3, 0.4) is 0 Å². The highest BCUT2D eigenvalue weighted by atomic mass is 35.5. The summed E-state index contributed by atoms with van der Waals surface area (Å²) in [6, 6.07) is 20.8. The number of nitrogens with zero attached hydrogens (tertiary/aromatic N) is 2. The zero-order valence-corrected chi connectivity index (χ0v) is 25.2. The Morgan fingerprint density at radius 2 is 1.74 bits per heavy atom. The largest absolute Gasteiger partial charge is 0.495 e. The van der Waals surface area contributed by atoms with Crippen LogP contribution in [0.4, 0.5) is 5.69 Å². The number of para-hydroxylation sites is 2. The van der Waals surface area contributed by atoms with Gasteiger partial charge in [-0.15, -0.1) is 0 Å². The summed E-state index contributed by atoms with van der Waals surface area (Å²) in [6.07, 6.45) is 6.09. The number of benzene rings is 3. The minimum Gasteiger partial charge on any atom is -0.495 e. The van der Waals surface area contributed by atoms with Gasteiger partial charge in [-0.2, -0.15) is 0 Å². The Hall–Kier alpha value is -3.75. The second-order valence-corrected chi connectivity index (χ2v) is 12.1. The SMILES string of the molecule is COc1ccc(NC(=O)CSc2nc3c(c(=O)n2-c2ccccc2OC)C2(CCCCC2)Cc2ccccc2-3)cc1Cl. The summed E-state index contributed by atoms with van der Waals surface area (Å²) in [6.45, 7) is 0. The van der Waals surface area contributed by atoms with Crippen LogP contribution in [0.2, 0.25) is 5.02 Å². The summed E-state index contributed by atoms with van der Waals surface area (Å²) >= 11 is 7.47. The summed E-state index contributed by atoms with van der Waals surface area (Å²) in [7, 11) is 3.13. The Labute approximate surface area is 254 Å². The number of rotatable bonds is 7. The molecule has 9 heteroatoms. The number of halogens is 1. The van der Waals surface area contributed by atoms with Crippen LogP contribution < -0.4 is 20.3 Å². The number of carbonyl (C=O) groups excluding carboxylic acids is 1. The van der Waals surface area contributed by atoms with E-state index in [1.807, 2.05) is 30.3 Å². The third kappa shape index (κ3) is 5.18. The summed E-state index contributed by atoms with van der Waals surface area (Å²) in [5.41, 5.74) is 4.55. The number of carbonyl (C=O) groups is 1. The lowest BCUT2D eigenvalue weighted by atomic mass is 9.62. The van der Waals surface area contributed by atoms with Gasteiger partial charge >= 0.3 is 0 Å². The summed E-state index contributed by atoms with van der Waals surface area (Å²) in [4.78, 5) is 33.0. The number of hydrogen-bond donors (Lipinski definition) is 1. The molecule has 1 N–H and O–H groups in total. The van der Waals surface area contributed by atoms with Crippen LogP contribution in [0.5, 0.6) is 11.5 Å². The molecule has 2 aliphatic rings. The first-order valence-electron chi connectivity index (χ1n) is 14.1. The molecule has 3 aromatic carbocycles. The van der Waals surface area contributed by atoms with Gasteiger partial charge in [-0.1, -0.05) is 79.0 Å². The predicted octanol–water partition coefficient (Wildman–Crippen LogP) is 7.06. The van der Waals surface area contributed by atoms with Crippen molar-refractivity contribution in [1.29, 1.82) is 0 Å². The van der Waals surface area contributed by atoms with Gasteiger partial charge in [0.25, 0.3) is 5.56 Å². The summed E-state index contributed by atoms with van der Waals surface area (Å²) in [5.74, 6) is 0.883. The maximum absolute atomic E-state index is 14.7. The predicted molar refractivity (Wildman–Crippen MR) is 168 cm³/mol. The first-order valence-corrected chi connectivity index (χ1v) is 15.5. The highest BCUT2D eigenvalue weighted by Gasteiger charge is 2.43. The highest BCUT2D eigenvalue weighted by Crippen LogP contribution is 2.49. The average molecular weight is 602 g/mol. The summed E-state index contributed by atoms with van der Waals surface area (Å²) < 4.78 is 12.5. The van der Waals surface area contributed by atoms with Crippen LogP contribution in [-0.2, 0) is 16.6 Å². The number of hydrogen-bond acceptors (Lipinski definition) is 6. The molecule has 0 unspecified atom stereocenters. The van der Waals surface area contributed by atoms with Crippen molar-refractivity contribution in [1.82, 2.24) is 9.55 Å². The van der Waals surface area contributed by atoms with Gasteiger partial charge in [-0.3, -0.25) is 14.2 Å². The van der Waals surface area contributed by atoms with E-state index in [4.69, 9.17) is 26.1 Å². The van der Waals surface area contributed by atoms with Gasteiger partial charge in [0, 0.05) is 16.7 Å². The van der Waals surface area contributed by atoms with Crippen molar-refractivity contribution in [2.75, 3.05) is 25.3 Å². The fourth-order valence-corrected chi connectivity index (χ4v) is 7.44. The third-order valence-electron chi connectivity index (χ3n) is 8.29. The van der Waals surface area contributed by atoms with E-state index >= 15 is 0 Å². The monoisotopic (exact) mass is 601 g/mol. The molecule has 1 aromatic heterocycles. The van der Waals surface area contributed by atoms with E-state index in [0.717, 1.165) is 48.9 Å². The number of methoxy groups -OCH3 is 2. The number of aromatic nitrogens is 2. The zero-order chi connectivity index (χ0) is 29.3. The van der Waals surface area contributed by atoms with E-state index in [2.05, 4.69) is 23.5 Å². The number of nitrogens with one attached hydrogen (secondary N) is 1. The van der Waals surface area contributed by atoms with Crippen molar-refractivity contribution in [3.63, 3.8) is 0 Å². The first-order chi connectivity index (χ1) is 20.4. The van der Waals surface area contributed by atoms with Gasteiger partial charge in [0.2, 0.25) is 5.91 Å². The maximum Gasteiger partial charge on any atom is 0.263 e. The van der Waals surface area contributed by atoms with Crippen LogP contribution >= 0.6 is 23.4 Å². The smallest absolute Gasteiger partial charge is 0.263 e. The molecule has 1 amide bonds. The molecule has 1 saturated carbocycles. The van der Waals surface area contributed by atoms with Crippen LogP contribution in [0.25, 0.3) is 16.9 Å². The van der Waals surface area contributed by atoms with E-state index in [9.17, 15) is 9.59 Å². The van der Waals surface area contributed by atoms with Crippen LogP contribution in [0.1, 0.15) is 43.2 Å². The van der Waals surface area contributed by atoms with Gasteiger partial charge in [-0.05, 0) is 55.2 Å². The maximum atomic E-state index is 14.7. The standard InChI is InChI=1S/C33H32ClN3O4S/c1-40-26-15-14-22(18-24(26)34)35-28(38)20-42-32-36-30-23-11-5-4-10-21(23)19-33(16-8-3-9-17-33)29(30)31(39)37(32)25-12-6-7-13-27(25)41-2/h4-7,10-15,18H,3,8-9,16-17,19-20H2,1-2H3,(H,35,38). The average Bonchev–Trinajstić information content (AvgIpc) is 3.00. The minimum absolute atomic E-state index is 0.0385. The Kier molecular flexibility index (Phi) is 8.01. The molecular formula is C33H32ClN3O4S. The van der Waals surface area contributed by atoms with Crippen molar-refractivity contribution in [2.45, 2.75) is 49.1 Å². The van der Waals surface area contributed by atoms with Gasteiger partial charge in [0.1, 0.15) is 11.5 Å². The lowest BCUT2D eigenvalue weighted by Gasteiger charge is -2.42. The van der Waals surface area contributed by atoms with Gasteiger partial charge < -0.3 is 14.8 Å². The van der Waals surface area contributed by atoms with E-state index in [0.29, 0.717) is 33.1 Å². The van der Waals surface area contributed by atoms with Gasteiger partial charge in [0.15, 0.2) is 5.16 Å². The molecule has 0 atom stereocenters. The normalized spacial score (nSPS) is 15.0. The highest BCUT2D eigenvalue weighted by molar-refractivity contribution is 7.99. The van der Waals surface area contributed by atoms with Gasteiger partial charge in [0.05, 0.1) is 41.9 Å². The van der Waals surface area contributed by atoms with E-state index < -0.39 is 0 Å². The Bertz CT molecular complexity index is 1710. The third-order valence-corrected chi connectivity index (χ3v) is 9.52. The molecule has 0 bridgehead atoms. The van der Waals surface area contributed by atoms with E-state index in [-0.39, 0.29) is 22.6 Å². The molecule has 0 saturated heterocycles. The molecule has 2 aliphatic carbocycles. The molecular weight excluding hydrogens is 570 g/mol. The lowest BCUT2D eigenvalue weighted by Crippen LogP contribution is -2.43. The zero-order valence-electron chi connectivity index (χ0n) is 23.6. The number of anilines is 1. The molecule has 1 fully saturated rings. The first kappa shape index (κ1) is 28.4. The van der Waals surface area contributed by atoms with Crippen molar-refractivity contribution < 1.29 is 14.3 Å². The summed E-state index contributed by atoms with van der Waals surface area (Å²) in [5, 5.41) is 3.73. The number of fused-ring (bicyclic) bond motifs is 4. The van der Waals surface area contributed by atoms with Gasteiger partial charge in [-0.25, -0.2) is 4.98 Å². The van der Waals surface area contributed by atoms with Crippen molar-refractivity contribution in [2.24, 2.45) is 0 Å². The minimum atomic E-state index is -0.260. The Balaban J connectivity index is 1.45. The van der Waals surface area contributed by atoms with Crippen molar-refractivity contribution in [3.05, 3.63) is 93.2 Å². The molecule has 0 radical (unpaired) electrons. The van der Waals surface area contributed by atoms with Crippen LogP contribution in [0, 0.1) is 0 Å². The van der Waals surface area contributed by atoms with Crippen LogP contribution in [0.15, 0.2) is 76.7 Å². The molecule has 4 aromatic rings. The van der Waals surface area contributed by atoms with E-state index in [1.165, 1.54) is 30.9 Å².